The molecule has 176 valence electrons. The van der Waals surface area contributed by atoms with Crippen LogP contribution in [0.15, 0.2) is 48.5 Å². The maximum atomic E-state index is 14.1. The molecule has 0 unspecified atom stereocenters. The number of rotatable bonds is 7. The Labute approximate surface area is 197 Å². The van der Waals surface area contributed by atoms with Gasteiger partial charge in [0.25, 0.3) is 0 Å². The Bertz CT molecular complexity index is 997. The van der Waals surface area contributed by atoms with Crippen LogP contribution in [-0.4, -0.2) is 37.6 Å². The number of alkyl carbamates (subject to hydrolysis) is 1. The quantitative estimate of drug-likeness (QED) is 0.623. The first-order valence-corrected chi connectivity index (χ1v) is 11.2. The van der Waals surface area contributed by atoms with Gasteiger partial charge in [-0.1, -0.05) is 55.1 Å². The van der Waals surface area contributed by atoms with Crippen molar-refractivity contribution in [2.75, 3.05) is 18.6 Å². The average molecular weight is 476 g/mol. The van der Waals surface area contributed by atoms with Gasteiger partial charge in [-0.25, -0.2) is 9.18 Å². The van der Waals surface area contributed by atoms with E-state index in [0.717, 1.165) is 38.2 Å². The van der Waals surface area contributed by atoms with Crippen LogP contribution in [0.4, 0.5) is 14.9 Å². The van der Waals surface area contributed by atoms with E-state index in [2.05, 4.69) is 15.4 Å². The summed E-state index contributed by atoms with van der Waals surface area (Å²) >= 11 is 6.44. The molecule has 0 spiro atoms. The van der Waals surface area contributed by atoms with Gasteiger partial charge in [0.15, 0.2) is 0 Å². The molecule has 3 rings (SSSR count). The van der Waals surface area contributed by atoms with Crippen molar-refractivity contribution >= 4 is 35.2 Å². The Kier molecular flexibility index (Phi) is 8.65. The van der Waals surface area contributed by atoms with E-state index >= 15 is 0 Å². The van der Waals surface area contributed by atoms with Crippen LogP contribution in [0, 0.1) is 5.82 Å². The summed E-state index contributed by atoms with van der Waals surface area (Å²) in [6.07, 6.45) is 4.03. The zero-order valence-electron chi connectivity index (χ0n) is 18.4. The normalized spacial score (nSPS) is 14.8. The number of ether oxygens (including phenoxy) is 1. The van der Waals surface area contributed by atoms with Crippen molar-refractivity contribution in [3.63, 3.8) is 0 Å². The zero-order chi connectivity index (χ0) is 23.8. The monoisotopic (exact) mass is 475 g/mol. The molecule has 2 N–H and O–H groups in total. The minimum absolute atomic E-state index is 0.0195. The summed E-state index contributed by atoms with van der Waals surface area (Å²) in [5.41, 5.74) is 0.554. The SMILES string of the molecule is COC(=O)NCC(=O)N(c1cccc(F)c1)[C@H](C(=O)NC1CCCCC1)c1ccccc1Cl. The number of nitrogens with zero attached hydrogens (tertiary/aromatic N) is 1. The van der Waals surface area contributed by atoms with Crippen LogP contribution in [0.1, 0.15) is 43.7 Å². The van der Waals surface area contributed by atoms with Gasteiger partial charge in [0.2, 0.25) is 11.8 Å². The summed E-state index contributed by atoms with van der Waals surface area (Å²) in [6.45, 7) is -0.457. The molecule has 0 saturated heterocycles. The van der Waals surface area contributed by atoms with Crippen LogP contribution in [0.3, 0.4) is 0 Å². The molecule has 2 aromatic rings. The van der Waals surface area contributed by atoms with Gasteiger partial charge >= 0.3 is 6.09 Å². The molecule has 1 aliphatic carbocycles. The Morgan fingerprint density at radius 1 is 1.12 bits per heavy atom. The number of benzene rings is 2. The van der Waals surface area contributed by atoms with Gasteiger partial charge in [-0.2, -0.15) is 0 Å². The average Bonchev–Trinajstić information content (AvgIpc) is 2.82. The smallest absolute Gasteiger partial charge is 0.407 e. The molecule has 1 atom stereocenters. The molecule has 1 saturated carbocycles. The van der Waals surface area contributed by atoms with E-state index in [1.54, 1.807) is 24.3 Å². The second kappa shape index (κ2) is 11.7. The van der Waals surface area contributed by atoms with Crippen LogP contribution < -0.4 is 15.5 Å². The summed E-state index contributed by atoms with van der Waals surface area (Å²) < 4.78 is 18.7. The summed E-state index contributed by atoms with van der Waals surface area (Å²) in [5, 5.41) is 5.66. The third-order valence-corrected chi connectivity index (χ3v) is 5.93. The zero-order valence-corrected chi connectivity index (χ0v) is 19.1. The van der Waals surface area contributed by atoms with Crippen LogP contribution >= 0.6 is 11.6 Å². The second-order valence-corrected chi connectivity index (χ2v) is 8.26. The predicted molar refractivity (Wildman–Crippen MR) is 124 cm³/mol. The van der Waals surface area contributed by atoms with Gasteiger partial charge < -0.3 is 15.4 Å². The van der Waals surface area contributed by atoms with Gasteiger partial charge in [0.05, 0.1) is 7.11 Å². The molecule has 33 heavy (non-hydrogen) atoms. The number of hydrogen-bond acceptors (Lipinski definition) is 4. The number of hydrogen-bond donors (Lipinski definition) is 2. The molecule has 1 aliphatic rings. The number of anilines is 1. The third kappa shape index (κ3) is 6.44. The van der Waals surface area contributed by atoms with Gasteiger partial charge in [-0.15, -0.1) is 0 Å². The summed E-state index contributed by atoms with van der Waals surface area (Å²) in [5.74, 6) is -1.63. The first-order chi connectivity index (χ1) is 15.9. The van der Waals surface area contributed by atoms with Gasteiger partial charge in [-0.05, 0) is 37.1 Å². The van der Waals surface area contributed by atoms with Crippen LogP contribution in [0.5, 0.6) is 0 Å². The standard InChI is InChI=1S/C24H27ClFN3O4/c1-33-24(32)27-15-21(30)29(18-11-7-8-16(26)14-18)22(19-12-5-6-13-20(19)25)23(31)28-17-9-3-2-4-10-17/h5-8,11-14,17,22H,2-4,9-10,15H2,1H3,(H,27,32)(H,28,31)/t22-/m0/s1. The van der Waals surface area contributed by atoms with E-state index in [0.29, 0.717) is 5.56 Å². The maximum absolute atomic E-state index is 14.1. The van der Waals surface area contributed by atoms with Crippen molar-refractivity contribution in [3.05, 3.63) is 64.9 Å². The predicted octanol–water partition coefficient (Wildman–Crippen LogP) is 4.36. The van der Waals surface area contributed by atoms with Gasteiger partial charge in [0, 0.05) is 22.3 Å². The number of carbonyl (C=O) groups excluding carboxylic acids is 3. The lowest BCUT2D eigenvalue weighted by atomic mass is 9.94. The van der Waals surface area contributed by atoms with E-state index < -0.39 is 36.3 Å². The summed E-state index contributed by atoms with van der Waals surface area (Å²) in [6, 6.07) is 10.9. The molecule has 0 bridgehead atoms. The van der Waals surface area contributed by atoms with E-state index in [9.17, 15) is 18.8 Å². The number of halogens is 2. The third-order valence-electron chi connectivity index (χ3n) is 5.58. The fourth-order valence-corrected chi connectivity index (χ4v) is 4.23. The number of carbonyl (C=O) groups is 3. The maximum Gasteiger partial charge on any atom is 0.407 e. The van der Waals surface area contributed by atoms with E-state index in [-0.39, 0.29) is 16.8 Å². The first-order valence-electron chi connectivity index (χ1n) is 10.8. The lowest BCUT2D eigenvalue weighted by Gasteiger charge is -2.34. The summed E-state index contributed by atoms with van der Waals surface area (Å²) in [4.78, 5) is 39.6. The van der Waals surface area contributed by atoms with Crippen molar-refractivity contribution in [1.29, 1.82) is 0 Å². The van der Waals surface area contributed by atoms with Crippen LogP contribution in [-0.2, 0) is 14.3 Å². The van der Waals surface area contributed by atoms with Crippen molar-refractivity contribution in [2.45, 2.75) is 44.2 Å². The van der Waals surface area contributed by atoms with E-state index in [1.165, 1.54) is 30.2 Å². The highest BCUT2D eigenvalue weighted by atomic mass is 35.5. The van der Waals surface area contributed by atoms with Crippen LogP contribution in [0.2, 0.25) is 5.02 Å². The Balaban J connectivity index is 2.03. The Morgan fingerprint density at radius 3 is 2.52 bits per heavy atom. The Hall–Kier alpha value is -3.13. The molecule has 7 nitrogen and oxygen atoms in total. The molecule has 0 aliphatic heterocycles. The number of nitrogens with one attached hydrogen (secondary N) is 2. The summed E-state index contributed by atoms with van der Waals surface area (Å²) in [7, 11) is 1.17. The second-order valence-electron chi connectivity index (χ2n) is 7.86. The lowest BCUT2D eigenvalue weighted by Crippen LogP contribution is -2.49. The molecule has 1 fully saturated rings. The molecular formula is C24H27ClFN3O4. The molecule has 0 aromatic heterocycles. The van der Waals surface area contributed by atoms with Crippen molar-refractivity contribution < 1.29 is 23.5 Å². The fourth-order valence-electron chi connectivity index (χ4n) is 3.99. The van der Waals surface area contributed by atoms with Gasteiger partial charge in [-0.3, -0.25) is 14.5 Å². The molecule has 0 radical (unpaired) electrons. The topological polar surface area (TPSA) is 87.7 Å². The van der Waals surface area contributed by atoms with E-state index in [1.807, 2.05) is 0 Å². The molecule has 9 heteroatoms. The van der Waals surface area contributed by atoms with Crippen molar-refractivity contribution in [1.82, 2.24) is 10.6 Å². The van der Waals surface area contributed by atoms with E-state index in [4.69, 9.17) is 11.6 Å². The largest absolute Gasteiger partial charge is 0.453 e. The van der Waals surface area contributed by atoms with Crippen LogP contribution in [0.25, 0.3) is 0 Å². The number of amides is 3. The molecular weight excluding hydrogens is 449 g/mol. The minimum atomic E-state index is -1.17. The van der Waals surface area contributed by atoms with Gasteiger partial charge in [0.1, 0.15) is 18.4 Å². The highest BCUT2D eigenvalue weighted by molar-refractivity contribution is 6.31. The molecule has 2 aromatic carbocycles. The highest BCUT2D eigenvalue weighted by Gasteiger charge is 2.35. The van der Waals surface area contributed by atoms with Crippen molar-refractivity contribution in [2.24, 2.45) is 0 Å². The lowest BCUT2D eigenvalue weighted by molar-refractivity contribution is -0.127. The minimum Gasteiger partial charge on any atom is -0.453 e. The van der Waals surface area contributed by atoms with Crippen molar-refractivity contribution in [3.8, 4) is 0 Å². The number of methoxy groups -OCH3 is 1. The fraction of sp³-hybridized carbons (Fsp3) is 0.375. The Morgan fingerprint density at radius 2 is 1.85 bits per heavy atom. The molecule has 3 amide bonds. The molecule has 0 heterocycles. The highest BCUT2D eigenvalue weighted by Crippen LogP contribution is 2.33. The first kappa shape index (κ1) is 24.5.